The molecule has 0 aliphatic rings. The third kappa shape index (κ3) is 14.0. The number of nitrogens with one attached hydrogen (secondary N) is 6. The van der Waals surface area contributed by atoms with E-state index in [-0.39, 0.29) is 12.2 Å². The summed E-state index contributed by atoms with van der Waals surface area (Å²) in [6.07, 6.45) is -0.979. The number of phenols is 1. The zero-order valence-electron chi connectivity index (χ0n) is 27.6. The zero-order chi connectivity index (χ0) is 37.4. The smallest absolute Gasteiger partial charge is 0.326 e. The number of aromatic hydroxyl groups is 1. The molecule has 1 aromatic rings. The van der Waals surface area contributed by atoms with Gasteiger partial charge in [0.25, 0.3) is 0 Å². The summed E-state index contributed by atoms with van der Waals surface area (Å²) in [7, 11) is 0. The molecule has 13 N–H and O–H groups in total. The lowest BCUT2D eigenvalue weighted by atomic mass is 9.99. The molecule has 0 heterocycles. The Labute approximate surface area is 282 Å². The summed E-state index contributed by atoms with van der Waals surface area (Å²) < 4.78 is 0. The van der Waals surface area contributed by atoms with Crippen molar-refractivity contribution in [2.24, 2.45) is 11.7 Å². The highest BCUT2D eigenvalue weighted by molar-refractivity contribution is 5.96. The van der Waals surface area contributed by atoms with E-state index in [2.05, 4.69) is 31.9 Å². The number of phenolic OH excluding ortho intramolecular Hbond substituents is 1. The maximum Gasteiger partial charge on any atom is 0.326 e. The first-order valence-electron chi connectivity index (χ1n) is 15.4. The highest BCUT2D eigenvalue weighted by Crippen LogP contribution is 2.12. The van der Waals surface area contributed by atoms with Gasteiger partial charge in [0.05, 0.1) is 25.9 Å². The number of rotatable bonds is 20. The monoisotopic (exact) mass is 697 g/mol. The molecule has 0 bridgehead atoms. The first kappa shape index (κ1) is 42.2. The van der Waals surface area contributed by atoms with Gasteiger partial charge in [0.1, 0.15) is 42.0 Å². The highest BCUT2D eigenvalue weighted by Gasteiger charge is 2.32. The van der Waals surface area contributed by atoms with Crippen LogP contribution in [-0.4, -0.2) is 129 Å². The Morgan fingerprint density at radius 3 is 1.78 bits per heavy atom. The molecule has 0 aliphatic heterocycles. The van der Waals surface area contributed by atoms with E-state index >= 15 is 0 Å². The number of hydrogen-bond acceptors (Lipinski definition) is 12. The molecule has 1 aromatic carbocycles. The van der Waals surface area contributed by atoms with Crippen LogP contribution < -0.4 is 37.6 Å². The van der Waals surface area contributed by atoms with Crippen LogP contribution in [0.15, 0.2) is 24.3 Å². The van der Waals surface area contributed by atoms with Gasteiger partial charge in [-0.25, -0.2) is 4.79 Å². The molecule has 0 fully saturated rings. The highest BCUT2D eigenvalue weighted by atomic mass is 16.4. The van der Waals surface area contributed by atoms with Gasteiger partial charge in [-0.15, -0.1) is 0 Å². The molecule has 0 unspecified atom stereocenters. The minimum atomic E-state index is -1.60. The molecule has 0 spiro atoms. The Kier molecular flexibility index (Phi) is 17.6. The van der Waals surface area contributed by atoms with E-state index in [1.165, 1.54) is 38.1 Å². The maximum atomic E-state index is 13.3. The molecule has 49 heavy (non-hydrogen) atoms. The molecule has 0 radical (unpaired) electrons. The fourth-order valence-corrected chi connectivity index (χ4v) is 4.10. The minimum Gasteiger partial charge on any atom is -0.508 e. The lowest BCUT2D eigenvalue weighted by molar-refractivity contribution is -0.144. The molecule has 6 amide bonds. The van der Waals surface area contributed by atoms with Crippen LogP contribution in [0.5, 0.6) is 5.75 Å². The number of amides is 6. The van der Waals surface area contributed by atoms with Crippen molar-refractivity contribution in [3.05, 3.63) is 29.8 Å². The van der Waals surface area contributed by atoms with Gasteiger partial charge in [0, 0.05) is 6.42 Å². The summed E-state index contributed by atoms with van der Waals surface area (Å²) in [5.74, 6) is -7.46. The Morgan fingerprint density at radius 1 is 0.735 bits per heavy atom. The third-order valence-corrected chi connectivity index (χ3v) is 7.43. The lowest BCUT2D eigenvalue weighted by Crippen LogP contribution is -2.59. The van der Waals surface area contributed by atoms with Crippen LogP contribution in [0.4, 0.5) is 0 Å². The number of hydrogen-bond donors (Lipinski definition) is 12. The topological polar surface area (TPSA) is 319 Å². The van der Waals surface area contributed by atoms with Gasteiger partial charge in [-0.1, -0.05) is 32.4 Å². The van der Waals surface area contributed by atoms with Crippen LogP contribution in [-0.2, 0) is 40.0 Å². The summed E-state index contributed by atoms with van der Waals surface area (Å²) >= 11 is 0. The normalized spacial score (nSPS) is 15.8. The molecular formula is C30H47N7O12. The number of benzene rings is 1. The minimum absolute atomic E-state index is 0.0755. The Bertz CT molecular complexity index is 1310. The van der Waals surface area contributed by atoms with E-state index in [4.69, 9.17) is 5.73 Å². The molecule has 19 nitrogen and oxygen atoms in total. The second-order valence-corrected chi connectivity index (χ2v) is 11.4. The van der Waals surface area contributed by atoms with E-state index in [9.17, 15) is 59.1 Å². The SMILES string of the molecule is CC[C@H](C)[C@H](NC(=O)[C@H](CO)NC(=O)[C@H](Cc1ccc(O)cc1)NC(=O)CNC(=O)[C@H](CO)NC(=O)[C@H](C)NC(=O)[C@@H](N)[C@@H](C)O)C(=O)O. The van der Waals surface area contributed by atoms with Gasteiger partial charge >= 0.3 is 5.97 Å². The van der Waals surface area contributed by atoms with Crippen molar-refractivity contribution in [3.63, 3.8) is 0 Å². The second-order valence-electron chi connectivity index (χ2n) is 11.4. The third-order valence-electron chi connectivity index (χ3n) is 7.43. The molecular weight excluding hydrogens is 650 g/mol. The zero-order valence-corrected chi connectivity index (χ0v) is 27.6. The summed E-state index contributed by atoms with van der Waals surface area (Å²) in [6.45, 7) is 3.30. The van der Waals surface area contributed by atoms with Crippen molar-refractivity contribution in [1.29, 1.82) is 0 Å². The van der Waals surface area contributed by atoms with Crippen molar-refractivity contribution in [3.8, 4) is 5.75 Å². The summed E-state index contributed by atoms with van der Waals surface area (Å²) in [5, 5.41) is 61.6. The predicted molar refractivity (Wildman–Crippen MR) is 171 cm³/mol. The average molecular weight is 698 g/mol. The number of carboxylic acids is 1. The molecule has 1 rings (SSSR count). The fourth-order valence-electron chi connectivity index (χ4n) is 4.10. The van der Waals surface area contributed by atoms with E-state index in [1.807, 2.05) is 0 Å². The van der Waals surface area contributed by atoms with Gasteiger partial charge < -0.3 is 63.2 Å². The molecule has 274 valence electrons. The van der Waals surface area contributed by atoms with Crippen molar-refractivity contribution >= 4 is 41.4 Å². The molecule has 0 aliphatic carbocycles. The van der Waals surface area contributed by atoms with Crippen LogP contribution in [0.25, 0.3) is 0 Å². The number of aliphatic hydroxyl groups is 3. The lowest BCUT2D eigenvalue weighted by Gasteiger charge is -2.25. The van der Waals surface area contributed by atoms with E-state index < -0.39 is 109 Å². The van der Waals surface area contributed by atoms with Crippen LogP contribution in [0.1, 0.15) is 39.7 Å². The molecule has 0 saturated carbocycles. The Morgan fingerprint density at radius 2 is 1.27 bits per heavy atom. The number of carboxylic acid groups (broad SMARTS) is 1. The van der Waals surface area contributed by atoms with Gasteiger partial charge in [-0.05, 0) is 37.5 Å². The van der Waals surface area contributed by atoms with Crippen molar-refractivity contribution in [1.82, 2.24) is 31.9 Å². The summed E-state index contributed by atoms with van der Waals surface area (Å²) in [4.78, 5) is 87.6. The predicted octanol–water partition coefficient (Wildman–Crippen LogP) is -4.68. The van der Waals surface area contributed by atoms with Crippen LogP contribution in [0, 0.1) is 5.92 Å². The Balaban J connectivity index is 2.97. The number of aliphatic hydroxyl groups excluding tert-OH is 3. The van der Waals surface area contributed by atoms with Gasteiger partial charge in [-0.2, -0.15) is 0 Å². The van der Waals surface area contributed by atoms with Gasteiger partial charge in [0.2, 0.25) is 35.4 Å². The van der Waals surface area contributed by atoms with Crippen molar-refractivity contribution < 1.29 is 59.1 Å². The average Bonchev–Trinajstić information content (AvgIpc) is 3.06. The van der Waals surface area contributed by atoms with Crippen molar-refractivity contribution in [2.75, 3.05) is 19.8 Å². The summed E-state index contributed by atoms with van der Waals surface area (Å²) in [5.41, 5.74) is 5.97. The quantitative estimate of drug-likeness (QED) is 0.0610. The standard InChI is InChI=1S/C30H47N7O12/c1-5-14(2)24(30(48)49)37-28(46)21(13-39)36-27(45)19(10-17-6-8-18(41)9-7-17)34-22(42)11-32-26(44)20(12-38)35-25(43)15(3)33-29(47)23(31)16(4)40/h6-9,14-16,19-21,23-24,38-41H,5,10-13,31H2,1-4H3,(H,32,44)(H,33,47)(H,34,42)(H,35,43)(H,36,45)(H,37,46)(H,48,49)/t14-,15-,16+,19-,20-,21-,23-,24-/m0/s1. The first-order valence-corrected chi connectivity index (χ1v) is 15.4. The van der Waals surface area contributed by atoms with Crippen LogP contribution in [0.3, 0.4) is 0 Å². The van der Waals surface area contributed by atoms with Gasteiger partial charge in [-0.3, -0.25) is 28.8 Å². The van der Waals surface area contributed by atoms with Crippen LogP contribution in [0.2, 0.25) is 0 Å². The molecule has 0 saturated heterocycles. The van der Waals surface area contributed by atoms with Crippen molar-refractivity contribution in [2.45, 2.75) is 82.9 Å². The van der Waals surface area contributed by atoms with E-state index in [1.54, 1.807) is 13.8 Å². The molecule has 19 heteroatoms. The number of nitrogens with two attached hydrogens (primary N) is 1. The second kappa shape index (κ2) is 20.5. The maximum absolute atomic E-state index is 13.3. The first-order chi connectivity index (χ1) is 22.9. The number of carbonyl (C=O) groups is 7. The van der Waals surface area contributed by atoms with Gasteiger partial charge in [0.15, 0.2) is 0 Å². The summed E-state index contributed by atoms with van der Waals surface area (Å²) in [6, 6.07) is -2.85. The number of aliphatic carboxylic acids is 1. The van der Waals surface area contributed by atoms with Crippen LogP contribution >= 0.6 is 0 Å². The molecule has 0 aromatic heterocycles. The Hall–Kier alpha value is -4.85. The largest absolute Gasteiger partial charge is 0.508 e. The van der Waals surface area contributed by atoms with E-state index in [0.717, 1.165) is 0 Å². The fraction of sp³-hybridized carbons (Fsp3) is 0.567. The van der Waals surface area contributed by atoms with E-state index in [0.29, 0.717) is 12.0 Å². The number of carbonyl (C=O) groups excluding carboxylic acids is 6. The molecule has 8 atom stereocenters.